The van der Waals surface area contributed by atoms with Gasteiger partial charge in [-0.05, 0) is 60.5 Å². The van der Waals surface area contributed by atoms with Crippen molar-refractivity contribution in [1.82, 2.24) is 20.1 Å². The number of para-hydroxylation sites is 1. The van der Waals surface area contributed by atoms with E-state index in [2.05, 4.69) is 19.9 Å². The van der Waals surface area contributed by atoms with Crippen LogP contribution in [0.3, 0.4) is 0 Å². The fraction of sp³-hybridized carbons (Fsp3) is 0.207. The van der Waals surface area contributed by atoms with E-state index in [4.69, 9.17) is 9.15 Å². The number of carbonyl (C=O) groups excluding carboxylic acids is 1. The summed E-state index contributed by atoms with van der Waals surface area (Å²) in [4.78, 5) is 28.8. The Labute approximate surface area is 238 Å². The highest BCUT2D eigenvalue weighted by molar-refractivity contribution is 6.02. The van der Waals surface area contributed by atoms with E-state index in [9.17, 15) is 31.5 Å². The number of nitrogens with one attached hydrogen (secondary N) is 2. The number of hydrogen-bond acceptors (Lipinski definition) is 6. The number of aromatic nitrogens is 3. The second-order valence-electron chi connectivity index (χ2n) is 10.1. The Morgan fingerprint density at radius 3 is 2.40 bits per heavy atom. The molecule has 0 saturated carbocycles. The first kappa shape index (κ1) is 28.0. The molecule has 222 valence electrons. The van der Waals surface area contributed by atoms with E-state index in [0.29, 0.717) is 34.9 Å². The number of hydrogen-bond donors (Lipinski definition) is 2. The van der Waals surface area contributed by atoms with E-state index in [-0.39, 0.29) is 34.0 Å². The summed E-state index contributed by atoms with van der Waals surface area (Å²) in [5, 5.41) is 6.96. The molecule has 2 aromatic heterocycles. The molecule has 9 nitrogen and oxygen atoms in total. The van der Waals surface area contributed by atoms with Crippen LogP contribution in [0.5, 0.6) is 17.2 Å². The van der Waals surface area contributed by atoms with Gasteiger partial charge in [0.1, 0.15) is 28.6 Å². The number of aromatic amines is 2. The van der Waals surface area contributed by atoms with Gasteiger partial charge < -0.3 is 18.8 Å². The third-order valence-corrected chi connectivity index (χ3v) is 6.82. The summed E-state index contributed by atoms with van der Waals surface area (Å²) in [5.41, 5.74) is 2.22. The molecule has 2 N–H and O–H groups in total. The lowest BCUT2D eigenvalue weighted by molar-refractivity contribution is -0.274. The minimum Gasteiger partial charge on any atom is -0.457 e. The van der Waals surface area contributed by atoms with E-state index >= 15 is 0 Å². The molecule has 5 aromatic rings. The summed E-state index contributed by atoms with van der Waals surface area (Å²) in [7, 11) is 0. The quantitative estimate of drug-likeness (QED) is 0.201. The number of alkyl halides is 5. The minimum atomic E-state index is -4.84. The van der Waals surface area contributed by atoms with E-state index in [1.165, 1.54) is 19.1 Å². The van der Waals surface area contributed by atoms with Crippen LogP contribution in [0.15, 0.2) is 69.9 Å². The van der Waals surface area contributed by atoms with Gasteiger partial charge in [0.2, 0.25) is 0 Å². The van der Waals surface area contributed by atoms with Gasteiger partial charge in [-0.2, -0.15) is 5.10 Å². The fourth-order valence-corrected chi connectivity index (χ4v) is 5.15. The molecule has 1 atom stereocenters. The van der Waals surface area contributed by atoms with Crippen LogP contribution < -0.4 is 15.2 Å². The number of H-pyrrole nitrogens is 2. The largest absolute Gasteiger partial charge is 0.573 e. The number of rotatable bonds is 7. The monoisotopic (exact) mass is 600 g/mol. The van der Waals surface area contributed by atoms with Crippen LogP contribution in [0.1, 0.15) is 40.1 Å². The van der Waals surface area contributed by atoms with Gasteiger partial charge in [-0.3, -0.25) is 14.9 Å². The maximum absolute atomic E-state index is 14.3. The molecular formula is C29H21F5N4O5. The molecule has 0 fully saturated rings. The molecular weight excluding hydrogens is 579 g/mol. The molecule has 6 rings (SSSR count). The average molecular weight is 601 g/mol. The number of oxazole rings is 1. The van der Waals surface area contributed by atoms with E-state index < -0.39 is 36.5 Å². The summed E-state index contributed by atoms with van der Waals surface area (Å²) >= 11 is 0. The van der Waals surface area contributed by atoms with Crippen molar-refractivity contribution in [3.63, 3.8) is 0 Å². The Balaban J connectivity index is 1.36. The Hall–Kier alpha value is -5.14. The van der Waals surface area contributed by atoms with Gasteiger partial charge in [0.15, 0.2) is 5.58 Å². The van der Waals surface area contributed by atoms with Crippen molar-refractivity contribution >= 4 is 17.0 Å². The Kier molecular flexibility index (Phi) is 6.51. The fourth-order valence-electron chi connectivity index (χ4n) is 5.15. The average Bonchev–Trinajstić information content (AvgIpc) is 3.58. The van der Waals surface area contributed by atoms with Crippen molar-refractivity contribution in [1.29, 1.82) is 0 Å². The second-order valence-corrected chi connectivity index (χ2v) is 10.1. The standard InChI is InChI=1S/C29H21F5N4O5/c1-14-12-17(10-11-20(14)43-29(32,33)34)41-16-8-6-15(7-9-16)24-21-22(18-4-3-5-19-25(18)42-27(40)35-19)36-37-23(21)26(39)38(24)13-28(2,30)31/h3-12,24H,13H2,1-2H3,(H,35,40)(H,36,37). The highest BCUT2D eigenvalue weighted by Crippen LogP contribution is 2.45. The molecule has 43 heavy (non-hydrogen) atoms. The van der Waals surface area contributed by atoms with E-state index in [1.54, 1.807) is 42.5 Å². The molecule has 14 heteroatoms. The van der Waals surface area contributed by atoms with Gasteiger partial charge in [-0.25, -0.2) is 13.6 Å². The molecule has 0 spiro atoms. The zero-order valence-corrected chi connectivity index (χ0v) is 22.4. The normalized spacial score (nSPS) is 15.3. The zero-order valence-electron chi connectivity index (χ0n) is 22.4. The lowest BCUT2D eigenvalue weighted by Crippen LogP contribution is -2.38. The molecule has 0 bridgehead atoms. The first-order chi connectivity index (χ1) is 20.3. The summed E-state index contributed by atoms with van der Waals surface area (Å²) in [6.45, 7) is 1.26. The summed E-state index contributed by atoms with van der Waals surface area (Å²) in [6, 6.07) is 14.0. The highest BCUT2D eigenvalue weighted by Gasteiger charge is 2.45. The van der Waals surface area contributed by atoms with Crippen molar-refractivity contribution in [2.45, 2.75) is 32.2 Å². The number of benzene rings is 3. The molecule has 0 saturated heterocycles. The molecule has 3 heterocycles. The van der Waals surface area contributed by atoms with Gasteiger partial charge in [0, 0.05) is 18.1 Å². The van der Waals surface area contributed by atoms with Crippen LogP contribution in [-0.2, 0) is 0 Å². The van der Waals surface area contributed by atoms with Crippen LogP contribution >= 0.6 is 0 Å². The Morgan fingerprint density at radius 2 is 1.72 bits per heavy atom. The van der Waals surface area contributed by atoms with Crippen molar-refractivity contribution in [2.75, 3.05) is 6.54 Å². The van der Waals surface area contributed by atoms with Gasteiger partial charge >= 0.3 is 12.1 Å². The van der Waals surface area contributed by atoms with Gasteiger partial charge in [-0.1, -0.05) is 18.2 Å². The van der Waals surface area contributed by atoms with Crippen molar-refractivity contribution in [3.8, 4) is 28.5 Å². The smallest absolute Gasteiger partial charge is 0.457 e. The third kappa shape index (κ3) is 5.43. The predicted octanol–water partition coefficient (Wildman–Crippen LogP) is 6.71. The number of nitrogens with zero attached hydrogens (tertiary/aromatic N) is 2. The number of carbonyl (C=O) groups is 1. The van der Waals surface area contributed by atoms with Gasteiger partial charge in [-0.15, -0.1) is 13.2 Å². The van der Waals surface area contributed by atoms with Crippen LogP contribution in [0, 0.1) is 6.92 Å². The number of ether oxygens (including phenoxy) is 2. The minimum absolute atomic E-state index is 0.0242. The zero-order chi connectivity index (χ0) is 30.7. The molecule has 0 aliphatic carbocycles. The molecule has 0 radical (unpaired) electrons. The van der Waals surface area contributed by atoms with Gasteiger partial charge in [0.05, 0.1) is 18.1 Å². The first-order valence-electron chi connectivity index (χ1n) is 12.8. The topological polar surface area (TPSA) is 113 Å². The lowest BCUT2D eigenvalue weighted by Gasteiger charge is -2.28. The van der Waals surface area contributed by atoms with Crippen LogP contribution in [-0.4, -0.2) is 44.8 Å². The Bertz CT molecular complexity index is 1900. The van der Waals surface area contributed by atoms with Crippen molar-refractivity contribution in [3.05, 3.63) is 93.6 Å². The lowest BCUT2D eigenvalue weighted by atomic mass is 9.95. The van der Waals surface area contributed by atoms with Crippen LogP contribution in [0.2, 0.25) is 0 Å². The molecule has 1 unspecified atom stereocenters. The number of halogens is 5. The SMILES string of the molecule is Cc1cc(Oc2ccc(C3c4c(-c5cccc6[nH]c(=O)oc56)n[nH]c4C(=O)N3CC(C)(F)F)cc2)ccc1OC(F)(F)F. The highest BCUT2D eigenvalue weighted by atomic mass is 19.4. The summed E-state index contributed by atoms with van der Waals surface area (Å²) in [5.74, 6) is -4.42. The predicted molar refractivity (Wildman–Crippen MR) is 142 cm³/mol. The number of amides is 1. The molecule has 1 aliphatic rings. The number of aryl methyl sites for hydroxylation is 1. The summed E-state index contributed by atoms with van der Waals surface area (Å²) < 4.78 is 81.5. The molecule has 1 amide bonds. The number of fused-ring (bicyclic) bond motifs is 2. The van der Waals surface area contributed by atoms with Crippen LogP contribution in [0.25, 0.3) is 22.4 Å². The molecule has 3 aromatic carbocycles. The van der Waals surface area contributed by atoms with Gasteiger partial charge in [0.25, 0.3) is 11.8 Å². The maximum Gasteiger partial charge on any atom is 0.573 e. The van der Waals surface area contributed by atoms with E-state index in [0.717, 1.165) is 11.0 Å². The summed E-state index contributed by atoms with van der Waals surface area (Å²) in [6.07, 6.45) is -4.84. The van der Waals surface area contributed by atoms with Crippen LogP contribution in [0.4, 0.5) is 22.0 Å². The first-order valence-corrected chi connectivity index (χ1v) is 12.8. The molecule has 1 aliphatic heterocycles. The third-order valence-electron chi connectivity index (χ3n) is 6.82. The van der Waals surface area contributed by atoms with Crippen molar-refractivity contribution in [2.24, 2.45) is 0 Å². The second kappa shape index (κ2) is 10.00. The maximum atomic E-state index is 14.3. The van der Waals surface area contributed by atoms with Crippen molar-refractivity contribution < 1.29 is 40.6 Å². The van der Waals surface area contributed by atoms with E-state index in [1.807, 2.05) is 0 Å². The Morgan fingerprint density at radius 1 is 1.00 bits per heavy atom.